The zero-order valence-electron chi connectivity index (χ0n) is 8.37. The second-order valence-corrected chi connectivity index (χ2v) is 1.92. The zero-order valence-corrected chi connectivity index (χ0v) is 8.37. The maximum atomic E-state index is 10.5. The van der Waals surface area contributed by atoms with E-state index in [1.165, 1.54) is 11.9 Å². The summed E-state index contributed by atoms with van der Waals surface area (Å²) in [5.41, 5.74) is 0. The lowest BCUT2D eigenvalue weighted by molar-refractivity contribution is -0.117. The summed E-state index contributed by atoms with van der Waals surface area (Å²) in [6, 6.07) is 0. The van der Waals surface area contributed by atoms with Gasteiger partial charge in [-0.3, -0.25) is 9.80 Å². The smallest absolute Gasteiger partial charge is 0.151 e. The average Bonchev–Trinajstić information content (AvgIpc) is 2.07. The Hall–Kier alpha value is -1.12. The number of hydrogen-bond donors (Lipinski definition) is 0. The molecule has 0 unspecified atom stereocenters. The highest BCUT2D eigenvalue weighted by Gasteiger charge is 1.96. The Labute approximate surface area is 74.8 Å². The van der Waals surface area contributed by atoms with E-state index in [1.54, 1.807) is 12.3 Å². The van der Waals surface area contributed by atoms with Gasteiger partial charge in [0.05, 0.1) is 6.54 Å². The van der Waals surface area contributed by atoms with Crippen LogP contribution in [0.5, 0.6) is 0 Å². The van der Waals surface area contributed by atoms with Gasteiger partial charge in [0.2, 0.25) is 0 Å². The molecule has 0 aliphatic heterocycles. The molecule has 0 atom stereocenters. The molecule has 0 heterocycles. The third kappa shape index (κ3) is 8.88. The molecule has 0 bridgehead atoms. The Morgan fingerprint density at radius 3 is 2.33 bits per heavy atom. The highest BCUT2D eigenvalue weighted by atomic mass is 16.1. The summed E-state index contributed by atoms with van der Waals surface area (Å²) < 4.78 is 0. The average molecular weight is 170 g/mol. The molecule has 0 saturated heterocycles. The number of rotatable bonds is 4. The molecular formula is C9H18N2O. The van der Waals surface area contributed by atoms with Gasteiger partial charge in [-0.2, -0.15) is 5.10 Å². The van der Waals surface area contributed by atoms with Crippen molar-refractivity contribution < 1.29 is 4.79 Å². The van der Waals surface area contributed by atoms with E-state index in [0.717, 1.165) is 0 Å². The summed E-state index contributed by atoms with van der Waals surface area (Å²) in [6.45, 7) is 11.0. The predicted octanol–water partition coefficient (Wildman–Crippen LogP) is 2.05. The highest BCUT2D eigenvalue weighted by molar-refractivity contribution is 5.77. The van der Waals surface area contributed by atoms with Crippen LogP contribution in [0.15, 0.2) is 17.4 Å². The van der Waals surface area contributed by atoms with Crippen molar-refractivity contribution >= 4 is 12.5 Å². The largest absolute Gasteiger partial charge is 0.298 e. The van der Waals surface area contributed by atoms with Crippen molar-refractivity contribution in [2.24, 2.45) is 5.10 Å². The number of carbonyl (C=O) groups is 1. The molecule has 3 heteroatoms. The highest BCUT2D eigenvalue weighted by Crippen LogP contribution is 1.89. The number of hydrazone groups is 1. The van der Waals surface area contributed by atoms with Gasteiger partial charge in [0.25, 0.3) is 0 Å². The molecule has 12 heavy (non-hydrogen) atoms. The molecule has 0 N–H and O–H groups in total. The summed E-state index contributed by atoms with van der Waals surface area (Å²) in [5, 5.41) is 5.08. The van der Waals surface area contributed by atoms with Crippen LogP contribution >= 0.6 is 0 Å². The first-order chi connectivity index (χ1) is 5.70. The van der Waals surface area contributed by atoms with Crippen molar-refractivity contribution in [3.63, 3.8) is 0 Å². The molecule has 0 saturated carbocycles. The molecule has 0 aromatic heterocycles. The molecule has 0 aliphatic carbocycles. The standard InChI is InChI=1S/C7H12N2O.C2H6/c1-4-5-9(8-3)6-7(2)10;1-2/h4-5H,3,6H2,1-2H3;1-2H3/b5-4-;. The maximum Gasteiger partial charge on any atom is 0.151 e. The minimum atomic E-state index is 0.0745. The Morgan fingerprint density at radius 1 is 1.58 bits per heavy atom. The van der Waals surface area contributed by atoms with E-state index in [2.05, 4.69) is 11.8 Å². The van der Waals surface area contributed by atoms with Gasteiger partial charge < -0.3 is 0 Å². The molecule has 0 aromatic rings. The summed E-state index contributed by atoms with van der Waals surface area (Å²) in [4.78, 5) is 10.5. The van der Waals surface area contributed by atoms with E-state index < -0.39 is 0 Å². The van der Waals surface area contributed by atoms with E-state index >= 15 is 0 Å². The van der Waals surface area contributed by atoms with Crippen LogP contribution in [0.2, 0.25) is 0 Å². The van der Waals surface area contributed by atoms with Crippen LogP contribution in [-0.2, 0) is 4.79 Å². The number of Topliss-reactive ketones (excluding diaryl/α,β-unsaturated/α-hetero) is 1. The minimum absolute atomic E-state index is 0.0745. The third-order valence-corrected chi connectivity index (χ3v) is 0.887. The van der Waals surface area contributed by atoms with Gasteiger partial charge in [0.1, 0.15) is 0 Å². The van der Waals surface area contributed by atoms with Crippen LogP contribution in [0, 0.1) is 0 Å². The fourth-order valence-corrected chi connectivity index (χ4v) is 0.550. The molecule has 0 aliphatic rings. The van der Waals surface area contributed by atoms with Crippen LogP contribution in [0.3, 0.4) is 0 Å². The quantitative estimate of drug-likeness (QED) is 0.478. The molecule has 0 radical (unpaired) electrons. The van der Waals surface area contributed by atoms with Gasteiger partial charge in [0, 0.05) is 12.9 Å². The lowest BCUT2D eigenvalue weighted by Crippen LogP contribution is -2.17. The van der Waals surface area contributed by atoms with Crippen molar-refractivity contribution in [1.82, 2.24) is 5.01 Å². The van der Waals surface area contributed by atoms with Crippen molar-refractivity contribution in [3.8, 4) is 0 Å². The zero-order chi connectivity index (χ0) is 9.98. The first-order valence-electron chi connectivity index (χ1n) is 4.06. The van der Waals surface area contributed by atoms with E-state index in [-0.39, 0.29) is 5.78 Å². The van der Waals surface area contributed by atoms with E-state index in [0.29, 0.717) is 6.54 Å². The van der Waals surface area contributed by atoms with Crippen molar-refractivity contribution in [2.75, 3.05) is 6.54 Å². The lowest BCUT2D eigenvalue weighted by atomic mass is 10.4. The fraction of sp³-hybridized carbons (Fsp3) is 0.556. The SMILES string of the molecule is C=NN(/C=C\C)CC(C)=O.CC. The molecule has 0 aromatic carbocycles. The summed E-state index contributed by atoms with van der Waals surface area (Å²) in [6.07, 6.45) is 3.51. The van der Waals surface area contributed by atoms with Crippen molar-refractivity contribution in [3.05, 3.63) is 12.3 Å². The summed E-state index contributed by atoms with van der Waals surface area (Å²) >= 11 is 0. The first kappa shape index (κ1) is 13.5. The third-order valence-electron chi connectivity index (χ3n) is 0.887. The topological polar surface area (TPSA) is 32.7 Å². The molecule has 70 valence electrons. The maximum absolute atomic E-state index is 10.5. The first-order valence-corrected chi connectivity index (χ1v) is 4.06. The molecule has 0 rings (SSSR count). The van der Waals surface area contributed by atoms with Crippen LogP contribution in [0.1, 0.15) is 27.7 Å². The number of nitrogens with zero attached hydrogens (tertiary/aromatic N) is 2. The summed E-state index contributed by atoms with van der Waals surface area (Å²) in [5.74, 6) is 0.0745. The van der Waals surface area contributed by atoms with Gasteiger partial charge in [-0.15, -0.1) is 0 Å². The van der Waals surface area contributed by atoms with Crippen LogP contribution in [0.25, 0.3) is 0 Å². The van der Waals surface area contributed by atoms with Crippen LogP contribution in [0.4, 0.5) is 0 Å². The Bertz CT molecular complexity index is 153. The fourth-order valence-electron chi connectivity index (χ4n) is 0.550. The second-order valence-electron chi connectivity index (χ2n) is 1.92. The van der Waals surface area contributed by atoms with Gasteiger partial charge in [-0.25, -0.2) is 0 Å². The van der Waals surface area contributed by atoms with Crippen LogP contribution in [-0.4, -0.2) is 24.1 Å². The van der Waals surface area contributed by atoms with E-state index in [1.807, 2.05) is 20.8 Å². The molecule has 0 amide bonds. The van der Waals surface area contributed by atoms with Gasteiger partial charge in [-0.1, -0.05) is 19.9 Å². The summed E-state index contributed by atoms with van der Waals surface area (Å²) in [7, 11) is 0. The second kappa shape index (κ2) is 9.88. The predicted molar refractivity (Wildman–Crippen MR) is 53.1 cm³/mol. The Morgan fingerprint density at radius 2 is 2.08 bits per heavy atom. The van der Waals surface area contributed by atoms with Gasteiger partial charge >= 0.3 is 0 Å². The van der Waals surface area contributed by atoms with Crippen molar-refractivity contribution in [2.45, 2.75) is 27.7 Å². The lowest BCUT2D eigenvalue weighted by Gasteiger charge is -2.09. The van der Waals surface area contributed by atoms with Gasteiger partial charge in [0.15, 0.2) is 5.78 Å². The number of hydrogen-bond acceptors (Lipinski definition) is 3. The number of allylic oxidation sites excluding steroid dienone is 1. The molecule has 0 spiro atoms. The molecule has 0 fully saturated rings. The Balaban J connectivity index is 0. The molecular weight excluding hydrogens is 152 g/mol. The van der Waals surface area contributed by atoms with Gasteiger partial charge in [-0.05, 0) is 13.8 Å². The normalized spacial score (nSPS) is 8.67. The van der Waals surface area contributed by atoms with Crippen molar-refractivity contribution in [1.29, 1.82) is 0 Å². The minimum Gasteiger partial charge on any atom is -0.298 e. The number of carbonyl (C=O) groups excluding carboxylic acids is 1. The van der Waals surface area contributed by atoms with Crippen LogP contribution < -0.4 is 0 Å². The number of ketones is 1. The Kier molecular flexibility index (Phi) is 11.1. The van der Waals surface area contributed by atoms with E-state index in [4.69, 9.17) is 0 Å². The monoisotopic (exact) mass is 170 g/mol. The van der Waals surface area contributed by atoms with E-state index in [9.17, 15) is 4.79 Å². The molecule has 3 nitrogen and oxygen atoms in total.